The Balaban J connectivity index is 2.59. The fraction of sp³-hybridized carbons (Fsp3) is 0.462. The van der Waals surface area contributed by atoms with Gasteiger partial charge in [0.05, 0.1) is 17.9 Å². The third kappa shape index (κ3) is 3.98. The Bertz CT molecular complexity index is 388. The smallest absolute Gasteiger partial charge is 0.337 e. The number of aromatic carboxylic acids is 1. The van der Waals surface area contributed by atoms with Gasteiger partial charge in [0.15, 0.2) is 0 Å². The number of nitrogen functional groups attached to an aromatic ring is 1. The SMILES string of the molecule is CC(C)CCCOc1cccc(C(=O)O)c1N. The molecule has 3 N–H and O–H groups in total. The van der Waals surface area contributed by atoms with Gasteiger partial charge < -0.3 is 15.6 Å². The van der Waals surface area contributed by atoms with Gasteiger partial charge in [-0.15, -0.1) is 0 Å². The van der Waals surface area contributed by atoms with Crippen LogP contribution in [0.2, 0.25) is 0 Å². The maximum atomic E-state index is 10.9. The standard InChI is InChI=1S/C13H19NO3/c1-9(2)5-4-8-17-11-7-3-6-10(12(11)14)13(15)16/h3,6-7,9H,4-5,8,14H2,1-2H3,(H,15,16). The number of rotatable bonds is 6. The molecular formula is C13H19NO3. The first kappa shape index (κ1) is 13.4. The van der Waals surface area contributed by atoms with Crippen LogP contribution < -0.4 is 10.5 Å². The van der Waals surface area contributed by atoms with E-state index in [1.807, 2.05) is 0 Å². The summed E-state index contributed by atoms with van der Waals surface area (Å²) in [5, 5.41) is 8.90. The molecule has 0 spiro atoms. The van der Waals surface area contributed by atoms with Crippen molar-refractivity contribution in [3.8, 4) is 5.75 Å². The van der Waals surface area contributed by atoms with Gasteiger partial charge in [-0.05, 0) is 30.9 Å². The number of nitrogens with two attached hydrogens (primary N) is 1. The summed E-state index contributed by atoms with van der Waals surface area (Å²) in [6.07, 6.45) is 2.02. The van der Waals surface area contributed by atoms with Gasteiger partial charge in [0.2, 0.25) is 0 Å². The van der Waals surface area contributed by atoms with E-state index in [2.05, 4.69) is 13.8 Å². The second-order valence-electron chi connectivity index (χ2n) is 4.41. The van der Waals surface area contributed by atoms with Crippen molar-refractivity contribution in [3.05, 3.63) is 23.8 Å². The molecule has 0 amide bonds. The number of carboxylic acids is 1. The first-order valence-electron chi connectivity index (χ1n) is 5.77. The number of hydrogen-bond donors (Lipinski definition) is 2. The lowest BCUT2D eigenvalue weighted by Gasteiger charge is -2.11. The molecule has 0 saturated carbocycles. The summed E-state index contributed by atoms with van der Waals surface area (Å²) in [6, 6.07) is 4.80. The number of carboxylic acid groups (broad SMARTS) is 1. The Morgan fingerprint density at radius 3 is 2.76 bits per heavy atom. The van der Waals surface area contributed by atoms with Crippen LogP contribution in [0.25, 0.3) is 0 Å². The number of ether oxygens (including phenoxy) is 1. The summed E-state index contributed by atoms with van der Waals surface area (Å²) < 4.78 is 5.49. The van der Waals surface area contributed by atoms with Crippen LogP contribution in [0.5, 0.6) is 5.75 Å². The minimum atomic E-state index is -1.03. The maximum absolute atomic E-state index is 10.9. The van der Waals surface area contributed by atoms with Crippen molar-refractivity contribution in [1.82, 2.24) is 0 Å². The molecule has 1 aromatic rings. The minimum absolute atomic E-state index is 0.0892. The highest BCUT2D eigenvalue weighted by Crippen LogP contribution is 2.25. The van der Waals surface area contributed by atoms with Gasteiger partial charge in [-0.1, -0.05) is 19.9 Å². The summed E-state index contributed by atoms with van der Waals surface area (Å²) >= 11 is 0. The zero-order valence-electron chi connectivity index (χ0n) is 10.3. The van der Waals surface area contributed by atoms with Gasteiger partial charge in [-0.3, -0.25) is 0 Å². The summed E-state index contributed by atoms with van der Waals surface area (Å²) in [7, 11) is 0. The second kappa shape index (κ2) is 6.13. The molecule has 94 valence electrons. The predicted molar refractivity (Wildman–Crippen MR) is 67.4 cm³/mol. The topological polar surface area (TPSA) is 72.5 Å². The molecule has 1 aromatic carbocycles. The molecule has 0 radical (unpaired) electrons. The van der Waals surface area contributed by atoms with Crippen molar-refractivity contribution in [2.75, 3.05) is 12.3 Å². The van der Waals surface area contributed by atoms with Crippen LogP contribution in [0.1, 0.15) is 37.0 Å². The lowest BCUT2D eigenvalue weighted by Crippen LogP contribution is -2.06. The van der Waals surface area contributed by atoms with Crippen LogP contribution in [0.4, 0.5) is 5.69 Å². The van der Waals surface area contributed by atoms with Crippen molar-refractivity contribution in [3.63, 3.8) is 0 Å². The number of carbonyl (C=O) groups is 1. The van der Waals surface area contributed by atoms with Crippen molar-refractivity contribution in [1.29, 1.82) is 0 Å². The minimum Gasteiger partial charge on any atom is -0.491 e. The maximum Gasteiger partial charge on any atom is 0.337 e. The van der Waals surface area contributed by atoms with Crippen molar-refractivity contribution >= 4 is 11.7 Å². The Kier molecular flexibility index (Phi) is 4.82. The summed E-state index contributed by atoms with van der Waals surface area (Å²) in [4.78, 5) is 10.9. The van der Waals surface area contributed by atoms with Crippen LogP contribution in [-0.4, -0.2) is 17.7 Å². The Morgan fingerprint density at radius 1 is 1.47 bits per heavy atom. The molecule has 4 nitrogen and oxygen atoms in total. The number of para-hydroxylation sites is 1. The largest absolute Gasteiger partial charge is 0.491 e. The van der Waals surface area contributed by atoms with Gasteiger partial charge >= 0.3 is 5.97 Å². The van der Waals surface area contributed by atoms with Crippen molar-refractivity contribution in [2.45, 2.75) is 26.7 Å². The third-order valence-electron chi connectivity index (χ3n) is 2.48. The first-order chi connectivity index (χ1) is 8.02. The second-order valence-corrected chi connectivity index (χ2v) is 4.41. The van der Waals surface area contributed by atoms with Gasteiger partial charge in [0.1, 0.15) is 5.75 Å². The molecule has 1 rings (SSSR count). The zero-order valence-corrected chi connectivity index (χ0v) is 10.3. The van der Waals surface area contributed by atoms with E-state index in [-0.39, 0.29) is 11.3 Å². The highest BCUT2D eigenvalue weighted by atomic mass is 16.5. The molecule has 0 aliphatic carbocycles. The van der Waals surface area contributed by atoms with Crippen LogP contribution in [0, 0.1) is 5.92 Å². The van der Waals surface area contributed by atoms with E-state index in [9.17, 15) is 4.79 Å². The molecule has 0 fully saturated rings. The Morgan fingerprint density at radius 2 is 2.18 bits per heavy atom. The van der Waals surface area contributed by atoms with E-state index in [0.717, 1.165) is 12.8 Å². The Hall–Kier alpha value is -1.71. The molecule has 0 aliphatic rings. The molecule has 17 heavy (non-hydrogen) atoms. The summed E-state index contributed by atoms with van der Waals surface area (Å²) in [6.45, 7) is 4.87. The van der Waals surface area contributed by atoms with E-state index in [1.165, 1.54) is 6.07 Å². The average molecular weight is 237 g/mol. The van der Waals surface area contributed by atoms with Gasteiger partial charge in [-0.25, -0.2) is 4.79 Å². The highest BCUT2D eigenvalue weighted by Gasteiger charge is 2.11. The van der Waals surface area contributed by atoms with E-state index in [0.29, 0.717) is 18.3 Å². The molecule has 0 aromatic heterocycles. The third-order valence-corrected chi connectivity index (χ3v) is 2.48. The van der Waals surface area contributed by atoms with E-state index in [4.69, 9.17) is 15.6 Å². The van der Waals surface area contributed by atoms with Crippen LogP contribution in [-0.2, 0) is 0 Å². The van der Waals surface area contributed by atoms with Crippen molar-refractivity contribution in [2.24, 2.45) is 5.92 Å². The molecular weight excluding hydrogens is 218 g/mol. The van der Waals surface area contributed by atoms with E-state index >= 15 is 0 Å². The lowest BCUT2D eigenvalue weighted by molar-refractivity contribution is 0.0697. The molecule has 0 bridgehead atoms. The fourth-order valence-electron chi connectivity index (χ4n) is 1.53. The number of anilines is 1. The molecule has 0 heterocycles. The molecule has 0 aliphatic heterocycles. The lowest BCUT2D eigenvalue weighted by atomic mass is 10.1. The quantitative estimate of drug-likeness (QED) is 0.589. The number of benzene rings is 1. The molecule has 0 atom stereocenters. The van der Waals surface area contributed by atoms with Crippen LogP contribution in [0.15, 0.2) is 18.2 Å². The normalized spacial score (nSPS) is 10.5. The van der Waals surface area contributed by atoms with Crippen LogP contribution in [0.3, 0.4) is 0 Å². The molecule has 4 heteroatoms. The first-order valence-corrected chi connectivity index (χ1v) is 5.77. The van der Waals surface area contributed by atoms with Gasteiger partial charge in [0, 0.05) is 0 Å². The molecule has 0 saturated heterocycles. The highest BCUT2D eigenvalue weighted by molar-refractivity contribution is 5.95. The van der Waals surface area contributed by atoms with E-state index < -0.39 is 5.97 Å². The monoisotopic (exact) mass is 237 g/mol. The zero-order chi connectivity index (χ0) is 12.8. The van der Waals surface area contributed by atoms with Gasteiger partial charge in [-0.2, -0.15) is 0 Å². The van der Waals surface area contributed by atoms with E-state index in [1.54, 1.807) is 12.1 Å². The van der Waals surface area contributed by atoms with Crippen LogP contribution >= 0.6 is 0 Å². The van der Waals surface area contributed by atoms with Crippen molar-refractivity contribution < 1.29 is 14.6 Å². The molecule has 0 unspecified atom stereocenters. The predicted octanol–water partition coefficient (Wildman–Crippen LogP) is 2.78. The summed E-state index contributed by atoms with van der Waals surface area (Å²) in [5.74, 6) is 0.0603. The summed E-state index contributed by atoms with van der Waals surface area (Å²) in [5.41, 5.74) is 6.01. The van der Waals surface area contributed by atoms with Gasteiger partial charge in [0.25, 0.3) is 0 Å². The number of hydrogen-bond acceptors (Lipinski definition) is 3. The fourth-order valence-corrected chi connectivity index (χ4v) is 1.53. The Labute approximate surface area is 101 Å². The average Bonchev–Trinajstić information content (AvgIpc) is 2.25.